The van der Waals surface area contributed by atoms with Gasteiger partial charge in [0.2, 0.25) is 0 Å². The Morgan fingerprint density at radius 3 is 2.54 bits per heavy atom. The van der Waals surface area contributed by atoms with Crippen molar-refractivity contribution in [2.45, 2.75) is 68.7 Å². The van der Waals surface area contributed by atoms with E-state index in [1.165, 1.54) is 6.42 Å². The number of amides is 1. The van der Waals surface area contributed by atoms with Crippen molar-refractivity contribution < 1.29 is 14.3 Å². The summed E-state index contributed by atoms with van der Waals surface area (Å²) in [5, 5.41) is 17.4. The lowest BCUT2D eigenvalue weighted by molar-refractivity contribution is -0.128. The van der Waals surface area contributed by atoms with E-state index in [0.717, 1.165) is 36.9 Å². The number of ether oxygens (including phenoxy) is 1. The van der Waals surface area contributed by atoms with E-state index in [9.17, 15) is 14.9 Å². The molecule has 39 heavy (non-hydrogen) atoms. The third-order valence-electron chi connectivity index (χ3n) is 8.61. The molecule has 6 atom stereocenters. The fraction of sp³-hybridized carbons (Fsp3) is 0.533. The second kappa shape index (κ2) is 12.5. The maximum atomic E-state index is 14.2. The zero-order valence-corrected chi connectivity index (χ0v) is 23.0. The van der Waals surface area contributed by atoms with Crippen LogP contribution in [0.3, 0.4) is 0 Å². The molecule has 1 aromatic heterocycles. The minimum atomic E-state index is -0.627. The molecule has 1 amide bonds. The monoisotopic (exact) mass is 549 g/mol. The van der Waals surface area contributed by atoms with Crippen LogP contribution in [0.4, 0.5) is 4.79 Å². The van der Waals surface area contributed by atoms with Gasteiger partial charge in [0.05, 0.1) is 35.8 Å². The SMILES string of the molecule is CN(C(=O)OC1CCCCC1)[C@@H]1C(C(=O)C2CC(c3ccccn3)NCC2C#N)NC[C@H]1c1ccc(Cl)cc1. The lowest BCUT2D eigenvalue weighted by atomic mass is 9.76. The summed E-state index contributed by atoms with van der Waals surface area (Å²) < 4.78 is 5.92. The Morgan fingerprint density at radius 2 is 1.85 bits per heavy atom. The fourth-order valence-corrected chi connectivity index (χ4v) is 6.57. The molecule has 9 heteroatoms. The highest BCUT2D eigenvalue weighted by atomic mass is 35.5. The molecule has 8 nitrogen and oxygen atoms in total. The number of nitriles is 1. The molecule has 2 N–H and O–H groups in total. The molecule has 3 fully saturated rings. The average molecular weight is 550 g/mol. The van der Waals surface area contributed by atoms with E-state index < -0.39 is 30.0 Å². The minimum absolute atomic E-state index is 0.0391. The van der Waals surface area contributed by atoms with E-state index in [-0.39, 0.29) is 23.8 Å². The van der Waals surface area contributed by atoms with Gasteiger partial charge in [-0.1, -0.05) is 36.2 Å². The number of rotatable bonds is 6. The van der Waals surface area contributed by atoms with Crippen molar-refractivity contribution in [1.82, 2.24) is 20.5 Å². The quantitative estimate of drug-likeness (QED) is 0.541. The van der Waals surface area contributed by atoms with Gasteiger partial charge in [0.1, 0.15) is 6.10 Å². The Bertz CT molecular complexity index is 1180. The summed E-state index contributed by atoms with van der Waals surface area (Å²) in [5.41, 5.74) is 1.85. The van der Waals surface area contributed by atoms with Gasteiger partial charge in [-0.3, -0.25) is 9.78 Å². The topological polar surface area (TPSA) is 107 Å². The van der Waals surface area contributed by atoms with E-state index in [1.54, 1.807) is 18.1 Å². The van der Waals surface area contributed by atoms with Crippen LogP contribution in [-0.4, -0.2) is 60.1 Å². The predicted octanol–water partition coefficient (Wildman–Crippen LogP) is 4.62. The molecule has 2 aromatic rings. The number of nitrogens with zero attached hydrogens (tertiary/aromatic N) is 3. The number of hydrogen-bond acceptors (Lipinski definition) is 7. The van der Waals surface area contributed by atoms with E-state index in [4.69, 9.17) is 16.3 Å². The van der Waals surface area contributed by atoms with Gasteiger partial charge in [-0.15, -0.1) is 0 Å². The number of piperidine rings is 1. The van der Waals surface area contributed by atoms with Gasteiger partial charge < -0.3 is 20.3 Å². The lowest BCUT2D eigenvalue weighted by Gasteiger charge is -2.37. The summed E-state index contributed by atoms with van der Waals surface area (Å²) in [7, 11) is 1.73. The van der Waals surface area contributed by atoms with Crippen LogP contribution in [0.15, 0.2) is 48.7 Å². The maximum Gasteiger partial charge on any atom is 0.410 e. The first-order valence-electron chi connectivity index (χ1n) is 14.0. The minimum Gasteiger partial charge on any atom is -0.446 e. The first-order valence-corrected chi connectivity index (χ1v) is 14.3. The van der Waals surface area contributed by atoms with Crippen LogP contribution in [0, 0.1) is 23.2 Å². The lowest BCUT2D eigenvalue weighted by Crippen LogP contribution is -2.54. The molecular weight excluding hydrogens is 514 g/mol. The van der Waals surface area contributed by atoms with Crippen LogP contribution in [0.1, 0.15) is 61.7 Å². The number of carbonyl (C=O) groups excluding carboxylic acids is 2. The molecule has 1 aromatic carbocycles. The number of benzene rings is 1. The van der Waals surface area contributed by atoms with Gasteiger partial charge in [0.15, 0.2) is 5.78 Å². The highest BCUT2D eigenvalue weighted by molar-refractivity contribution is 6.30. The molecule has 5 rings (SSSR count). The third-order valence-corrected chi connectivity index (χ3v) is 8.86. The third kappa shape index (κ3) is 6.11. The molecule has 3 aliphatic rings. The van der Waals surface area contributed by atoms with E-state index in [1.807, 2.05) is 42.5 Å². The molecule has 4 unspecified atom stereocenters. The Balaban J connectivity index is 1.40. The summed E-state index contributed by atoms with van der Waals surface area (Å²) in [6.45, 7) is 0.932. The molecule has 0 spiro atoms. The molecular formula is C30H36ClN5O3. The van der Waals surface area contributed by atoms with Crippen molar-refractivity contribution in [3.63, 3.8) is 0 Å². The Hall–Kier alpha value is -2.99. The molecule has 2 saturated heterocycles. The second-order valence-electron chi connectivity index (χ2n) is 11.0. The van der Waals surface area contributed by atoms with Crippen LogP contribution in [0.2, 0.25) is 5.02 Å². The van der Waals surface area contributed by atoms with Crippen molar-refractivity contribution in [3.05, 3.63) is 64.9 Å². The first kappa shape index (κ1) is 27.6. The van der Waals surface area contributed by atoms with Gasteiger partial charge in [-0.2, -0.15) is 5.26 Å². The molecule has 0 radical (unpaired) electrons. The summed E-state index contributed by atoms with van der Waals surface area (Å²) in [6, 6.07) is 14.4. The number of nitrogens with one attached hydrogen (secondary N) is 2. The number of aromatic nitrogens is 1. The van der Waals surface area contributed by atoms with Crippen LogP contribution in [0.25, 0.3) is 0 Å². The summed E-state index contributed by atoms with van der Waals surface area (Å²) in [5.74, 6) is -1.12. The van der Waals surface area contributed by atoms with Crippen molar-refractivity contribution >= 4 is 23.5 Å². The van der Waals surface area contributed by atoms with Crippen LogP contribution >= 0.6 is 11.6 Å². The Kier molecular flexibility index (Phi) is 8.81. The normalized spacial score (nSPS) is 29.4. The van der Waals surface area contributed by atoms with Crippen molar-refractivity contribution in [2.24, 2.45) is 11.8 Å². The Morgan fingerprint density at radius 1 is 1.08 bits per heavy atom. The zero-order valence-electron chi connectivity index (χ0n) is 22.3. The number of halogens is 1. The van der Waals surface area contributed by atoms with Gasteiger partial charge in [0, 0.05) is 43.2 Å². The number of hydrogen-bond donors (Lipinski definition) is 2. The highest BCUT2D eigenvalue weighted by Crippen LogP contribution is 2.37. The van der Waals surface area contributed by atoms with Crippen LogP contribution in [-0.2, 0) is 9.53 Å². The summed E-state index contributed by atoms with van der Waals surface area (Å²) in [6.07, 6.45) is 6.76. The van der Waals surface area contributed by atoms with Crippen LogP contribution < -0.4 is 10.6 Å². The predicted molar refractivity (Wildman–Crippen MR) is 148 cm³/mol. The van der Waals surface area contributed by atoms with Gasteiger partial charge in [-0.05, 0) is 61.9 Å². The molecule has 2 aliphatic heterocycles. The first-order chi connectivity index (χ1) is 19.0. The number of likely N-dealkylation sites (N-methyl/N-ethyl adjacent to an activating group) is 1. The number of Topliss-reactive ketones (excluding diaryl/α,β-unsaturated/α-hetero) is 1. The second-order valence-corrected chi connectivity index (χ2v) is 11.4. The molecule has 3 heterocycles. The molecule has 0 bridgehead atoms. The Labute approximate surface area is 235 Å². The van der Waals surface area contributed by atoms with Gasteiger partial charge in [0.25, 0.3) is 0 Å². The smallest absolute Gasteiger partial charge is 0.410 e. The van der Waals surface area contributed by atoms with Gasteiger partial charge >= 0.3 is 6.09 Å². The van der Waals surface area contributed by atoms with Crippen LogP contribution in [0.5, 0.6) is 0 Å². The van der Waals surface area contributed by atoms with Crippen molar-refractivity contribution in [1.29, 1.82) is 5.26 Å². The number of carbonyl (C=O) groups is 2. The molecule has 206 valence electrons. The number of pyridine rings is 1. The molecule has 1 aliphatic carbocycles. The molecule has 1 saturated carbocycles. The summed E-state index contributed by atoms with van der Waals surface area (Å²) in [4.78, 5) is 33.7. The van der Waals surface area contributed by atoms with Crippen molar-refractivity contribution in [3.8, 4) is 6.07 Å². The van der Waals surface area contributed by atoms with E-state index >= 15 is 0 Å². The highest BCUT2D eigenvalue weighted by Gasteiger charge is 2.49. The zero-order chi connectivity index (χ0) is 27.4. The number of ketones is 1. The standard InChI is InChI=1S/C30H36ClN5O3/c1-36(30(38)39-22-7-3-2-4-8-22)28-24(19-10-12-21(31)13-11-19)18-35-27(28)29(37)23-15-26(34-17-20(23)16-32)25-9-5-6-14-33-25/h5-6,9-14,20,22-24,26-28,34-35H,2-4,7-8,15,17-18H2,1H3/t20?,23?,24-,26?,27?,28-/m0/s1. The maximum absolute atomic E-state index is 14.2. The fourth-order valence-electron chi connectivity index (χ4n) is 6.45. The van der Waals surface area contributed by atoms with Gasteiger partial charge in [-0.25, -0.2) is 4.79 Å². The van der Waals surface area contributed by atoms with E-state index in [2.05, 4.69) is 21.7 Å². The van der Waals surface area contributed by atoms with E-state index in [0.29, 0.717) is 24.5 Å². The summed E-state index contributed by atoms with van der Waals surface area (Å²) >= 11 is 6.16. The largest absolute Gasteiger partial charge is 0.446 e. The average Bonchev–Trinajstić information content (AvgIpc) is 3.42. The van der Waals surface area contributed by atoms with Crippen molar-refractivity contribution in [2.75, 3.05) is 20.1 Å².